The lowest BCUT2D eigenvalue weighted by Gasteiger charge is -2.26. The third kappa shape index (κ3) is 3.47. The van der Waals surface area contributed by atoms with E-state index in [4.69, 9.17) is 0 Å². The normalized spacial score (nSPS) is 17.1. The van der Waals surface area contributed by atoms with Crippen molar-refractivity contribution in [3.63, 3.8) is 0 Å². The summed E-state index contributed by atoms with van der Waals surface area (Å²) in [6.45, 7) is 9.17. The summed E-state index contributed by atoms with van der Waals surface area (Å²) in [5, 5.41) is 3.56. The van der Waals surface area contributed by atoms with Crippen molar-refractivity contribution < 1.29 is 0 Å². The highest BCUT2D eigenvalue weighted by atomic mass is 15.1. The molecular weight excluding hydrogens is 208 g/mol. The van der Waals surface area contributed by atoms with E-state index in [1.165, 1.54) is 55.7 Å². The SMILES string of the molecule is Cc1cccc(NCCN2CCCCC2)c1C. The first kappa shape index (κ1) is 12.4. The number of rotatable bonds is 4. The second-order valence-electron chi connectivity index (χ2n) is 5.08. The first-order valence-electron chi connectivity index (χ1n) is 6.80. The average Bonchev–Trinajstić information content (AvgIpc) is 2.36. The molecule has 1 saturated heterocycles. The molecule has 1 N–H and O–H groups in total. The first-order chi connectivity index (χ1) is 8.27. The molecule has 1 aliphatic heterocycles. The van der Waals surface area contributed by atoms with E-state index < -0.39 is 0 Å². The minimum absolute atomic E-state index is 1.06. The standard InChI is InChI=1S/C15H24N2/c1-13-7-6-8-15(14(13)2)16-9-12-17-10-4-3-5-11-17/h6-8,16H,3-5,9-12H2,1-2H3. The number of nitrogens with zero attached hydrogens (tertiary/aromatic N) is 1. The van der Waals surface area contributed by atoms with Gasteiger partial charge in [0.15, 0.2) is 0 Å². The monoisotopic (exact) mass is 232 g/mol. The largest absolute Gasteiger partial charge is 0.384 e. The molecular formula is C15H24N2. The Kier molecular flexibility index (Phi) is 4.43. The fourth-order valence-corrected chi connectivity index (χ4v) is 2.47. The molecule has 0 radical (unpaired) electrons. The van der Waals surface area contributed by atoms with E-state index in [1.54, 1.807) is 0 Å². The molecule has 94 valence electrons. The summed E-state index contributed by atoms with van der Waals surface area (Å²) in [6, 6.07) is 6.48. The predicted molar refractivity (Wildman–Crippen MR) is 74.7 cm³/mol. The van der Waals surface area contributed by atoms with Crippen LogP contribution in [0.2, 0.25) is 0 Å². The summed E-state index contributed by atoms with van der Waals surface area (Å²) in [5.41, 5.74) is 4.04. The number of nitrogens with one attached hydrogen (secondary N) is 1. The van der Waals surface area contributed by atoms with E-state index in [0.717, 1.165) is 6.54 Å². The fourth-order valence-electron chi connectivity index (χ4n) is 2.47. The number of benzene rings is 1. The summed E-state index contributed by atoms with van der Waals surface area (Å²) in [6.07, 6.45) is 4.17. The van der Waals surface area contributed by atoms with Gasteiger partial charge in [0.05, 0.1) is 0 Å². The van der Waals surface area contributed by atoms with Crippen molar-refractivity contribution in [3.05, 3.63) is 29.3 Å². The number of hydrogen-bond acceptors (Lipinski definition) is 2. The Bertz CT molecular complexity index is 354. The van der Waals surface area contributed by atoms with Crippen molar-refractivity contribution in [1.29, 1.82) is 0 Å². The maximum atomic E-state index is 3.56. The Morgan fingerprint density at radius 1 is 1.12 bits per heavy atom. The Hall–Kier alpha value is -1.02. The smallest absolute Gasteiger partial charge is 0.0372 e. The number of aryl methyl sites for hydroxylation is 1. The van der Waals surface area contributed by atoms with E-state index in [1.807, 2.05) is 0 Å². The Labute approximate surface area is 105 Å². The molecule has 2 rings (SSSR count). The van der Waals surface area contributed by atoms with Crippen LogP contribution in [0.3, 0.4) is 0 Å². The van der Waals surface area contributed by atoms with E-state index in [0.29, 0.717) is 0 Å². The summed E-state index contributed by atoms with van der Waals surface area (Å²) in [7, 11) is 0. The zero-order valence-electron chi connectivity index (χ0n) is 11.1. The fraction of sp³-hybridized carbons (Fsp3) is 0.600. The lowest BCUT2D eigenvalue weighted by molar-refractivity contribution is 0.237. The first-order valence-corrected chi connectivity index (χ1v) is 6.80. The van der Waals surface area contributed by atoms with Gasteiger partial charge >= 0.3 is 0 Å². The molecule has 0 spiro atoms. The molecule has 0 bridgehead atoms. The van der Waals surface area contributed by atoms with Gasteiger partial charge in [0.25, 0.3) is 0 Å². The third-order valence-corrected chi connectivity index (χ3v) is 3.80. The van der Waals surface area contributed by atoms with E-state index in [9.17, 15) is 0 Å². The van der Waals surface area contributed by atoms with Crippen molar-refractivity contribution in [2.75, 3.05) is 31.5 Å². The molecule has 0 aromatic heterocycles. The third-order valence-electron chi connectivity index (χ3n) is 3.80. The van der Waals surface area contributed by atoms with Crippen LogP contribution in [-0.4, -0.2) is 31.1 Å². The lowest BCUT2D eigenvalue weighted by atomic mass is 10.1. The van der Waals surface area contributed by atoms with Gasteiger partial charge in [-0.05, 0) is 57.0 Å². The van der Waals surface area contributed by atoms with Crippen LogP contribution in [0, 0.1) is 13.8 Å². The Morgan fingerprint density at radius 2 is 1.88 bits per heavy atom. The van der Waals surface area contributed by atoms with Crippen molar-refractivity contribution >= 4 is 5.69 Å². The molecule has 1 heterocycles. The predicted octanol–water partition coefficient (Wildman–Crippen LogP) is 3.20. The van der Waals surface area contributed by atoms with Gasteiger partial charge < -0.3 is 10.2 Å². The van der Waals surface area contributed by atoms with Crippen LogP contribution in [0.25, 0.3) is 0 Å². The minimum atomic E-state index is 1.06. The molecule has 1 fully saturated rings. The van der Waals surface area contributed by atoms with Gasteiger partial charge in [-0.1, -0.05) is 18.6 Å². The highest BCUT2D eigenvalue weighted by Gasteiger charge is 2.09. The van der Waals surface area contributed by atoms with Crippen LogP contribution in [0.15, 0.2) is 18.2 Å². The molecule has 2 nitrogen and oxygen atoms in total. The molecule has 0 atom stereocenters. The van der Waals surface area contributed by atoms with E-state index in [-0.39, 0.29) is 0 Å². The number of piperidine rings is 1. The van der Waals surface area contributed by atoms with Gasteiger partial charge in [0, 0.05) is 18.8 Å². The topological polar surface area (TPSA) is 15.3 Å². The van der Waals surface area contributed by atoms with Crippen LogP contribution < -0.4 is 5.32 Å². The number of anilines is 1. The molecule has 1 aliphatic rings. The molecule has 0 saturated carbocycles. The molecule has 1 aromatic rings. The second-order valence-corrected chi connectivity index (χ2v) is 5.08. The van der Waals surface area contributed by atoms with Gasteiger partial charge in [-0.3, -0.25) is 0 Å². The zero-order valence-corrected chi connectivity index (χ0v) is 11.1. The van der Waals surface area contributed by atoms with Gasteiger partial charge in [0.1, 0.15) is 0 Å². The summed E-state index contributed by atoms with van der Waals surface area (Å²) < 4.78 is 0. The van der Waals surface area contributed by atoms with Gasteiger partial charge in [-0.25, -0.2) is 0 Å². The molecule has 0 amide bonds. The van der Waals surface area contributed by atoms with Crippen LogP contribution >= 0.6 is 0 Å². The highest BCUT2D eigenvalue weighted by molar-refractivity contribution is 5.53. The van der Waals surface area contributed by atoms with Gasteiger partial charge in [-0.2, -0.15) is 0 Å². The Balaban J connectivity index is 1.79. The molecule has 2 heteroatoms. The van der Waals surface area contributed by atoms with Crippen LogP contribution in [0.5, 0.6) is 0 Å². The molecule has 17 heavy (non-hydrogen) atoms. The minimum Gasteiger partial charge on any atom is -0.384 e. The van der Waals surface area contributed by atoms with E-state index >= 15 is 0 Å². The lowest BCUT2D eigenvalue weighted by Crippen LogP contribution is -2.33. The van der Waals surface area contributed by atoms with Crippen molar-refractivity contribution in [2.45, 2.75) is 33.1 Å². The molecule has 0 unspecified atom stereocenters. The van der Waals surface area contributed by atoms with Gasteiger partial charge in [-0.15, -0.1) is 0 Å². The summed E-state index contributed by atoms with van der Waals surface area (Å²) in [5.74, 6) is 0. The van der Waals surface area contributed by atoms with Crippen molar-refractivity contribution in [3.8, 4) is 0 Å². The second kappa shape index (κ2) is 6.06. The number of likely N-dealkylation sites (tertiary alicyclic amines) is 1. The van der Waals surface area contributed by atoms with Crippen LogP contribution in [0.4, 0.5) is 5.69 Å². The van der Waals surface area contributed by atoms with Gasteiger partial charge in [0.2, 0.25) is 0 Å². The summed E-state index contributed by atoms with van der Waals surface area (Å²) >= 11 is 0. The van der Waals surface area contributed by atoms with Crippen molar-refractivity contribution in [1.82, 2.24) is 4.90 Å². The molecule has 1 aromatic carbocycles. The average molecular weight is 232 g/mol. The molecule has 0 aliphatic carbocycles. The van der Waals surface area contributed by atoms with E-state index in [2.05, 4.69) is 42.3 Å². The Morgan fingerprint density at radius 3 is 2.65 bits per heavy atom. The number of hydrogen-bond donors (Lipinski definition) is 1. The zero-order chi connectivity index (χ0) is 12.1. The van der Waals surface area contributed by atoms with Crippen LogP contribution in [0.1, 0.15) is 30.4 Å². The summed E-state index contributed by atoms with van der Waals surface area (Å²) in [4.78, 5) is 2.57. The maximum absolute atomic E-state index is 3.56. The quantitative estimate of drug-likeness (QED) is 0.857. The highest BCUT2D eigenvalue weighted by Crippen LogP contribution is 2.17. The maximum Gasteiger partial charge on any atom is 0.0372 e. The van der Waals surface area contributed by atoms with Crippen LogP contribution in [-0.2, 0) is 0 Å². The van der Waals surface area contributed by atoms with Crippen molar-refractivity contribution in [2.24, 2.45) is 0 Å².